The van der Waals surface area contributed by atoms with E-state index in [0.29, 0.717) is 16.9 Å². The quantitative estimate of drug-likeness (QED) is 0.572. The first-order valence-electron chi connectivity index (χ1n) is 7.42. The lowest BCUT2D eigenvalue weighted by Crippen LogP contribution is -1.87. The third-order valence-electron chi connectivity index (χ3n) is 3.61. The number of fused-ring (bicyclic) bond motifs is 1. The third kappa shape index (κ3) is 2.46. The summed E-state index contributed by atoms with van der Waals surface area (Å²) in [5, 5.41) is 13.9. The van der Waals surface area contributed by atoms with Gasteiger partial charge in [-0.25, -0.2) is 9.50 Å². The van der Waals surface area contributed by atoms with Crippen LogP contribution in [0.15, 0.2) is 73.1 Å². The van der Waals surface area contributed by atoms with Gasteiger partial charge in [0.25, 0.3) is 0 Å². The molecular formula is C19H12N4O. The maximum Gasteiger partial charge on any atom is 0.173 e. The number of ether oxygens (including phenoxy) is 1. The number of nitrogens with zero attached hydrogens (tertiary/aromatic N) is 4. The van der Waals surface area contributed by atoms with E-state index in [4.69, 9.17) is 4.74 Å². The molecule has 0 unspecified atom stereocenters. The summed E-state index contributed by atoms with van der Waals surface area (Å²) in [4.78, 5) is 4.22. The minimum atomic E-state index is 0.465. The van der Waals surface area contributed by atoms with Crippen LogP contribution in [-0.4, -0.2) is 14.6 Å². The van der Waals surface area contributed by atoms with Crippen LogP contribution in [0.2, 0.25) is 0 Å². The number of nitriles is 1. The SMILES string of the molecule is N#Cc1c(-c2ccc(Oc3ccccc3)cc2)nn2cccnc12. The summed E-state index contributed by atoms with van der Waals surface area (Å²) in [6, 6.07) is 21.1. The zero-order chi connectivity index (χ0) is 16.4. The van der Waals surface area contributed by atoms with Crippen molar-refractivity contribution >= 4 is 5.65 Å². The average Bonchev–Trinajstić information content (AvgIpc) is 3.02. The molecule has 4 aromatic rings. The highest BCUT2D eigenvalue weighted by Gasteiger charge is 2.15. The molecule has 0 bridgehead atoms. The van der Waals surface area contributed by atoms with Crippen molar-refractivity contribution in [3.05, 3.63) is 78.6 Å². The molecule has 5 nitrogen and oxygen atoms in total. The summed E-state index contributed by atoms with van der Waals surface area (Å²) < 4.78 is 7.40. The van der Waals surface area contributed by atoms with E-state index in [2.05, 4.69) is 16.2 Å². The fourth-order valence-corrected chi connectivity index (χ4v) is 2.50. The van der Waals surface area contributed by atoms with Gasteiger partial charge in [0.05, 0.1) is 0 Å². The number of hydrogen-bond acceptors (Lipinski definition) is 4. The lowest BCUT2D eigenvalue weighted by Gasteiger charge is -2.05. The van der Waals surface area contributed by atoms with Gasteiger partial charge in [-0.15, -0.1) is 0 Å². The molecule has 0 aliphatic rings. The largest absolute Gasteiger partial charge is 0.457 e. The van der Waals surface area contributed by atoms with Crippen molar-refractivity contribution in [3.63, 3.8) is 0 Å². The van der Waals surface area contributed by atoms with E-state index in [1.807, 2.05) is 54.6 Å². The summed E-state index contributed by atoms with van der Waals surface area (Å²) >= 11 is 0. The second-order valence-electron chi connectivity index (χ2n) is 5.16. The Morgan fingerprint density at radius 2 is 1.67 bits per heavy atom. The number of rotatable bonds is 3. The number of aromatic nitrogens is 3. The predicted octanol–water partition coefficient (Wildman–Crippen LogP) is 4.06. The highest BCUT2D eigenvalue weighted by molar-refractivity contribution is 5.75. The Balaban J connectivity index is 1.70. The normalized spacial score (nSPS) is 10.5. The molecule has 0 aliphatic carbocycles. The van der Waals surface area contributed by atoms with Crippen molar-refractivity contribution < 1.29 is 4.74 Å². The van der Waals surface area contributed by atoms with Crippen LogP contribution in [0.1, 0.15) is 5.56 Å². The highest BCUT2D eigenvalue weighted by Crippen LogP contribution is 2.28. The first kappa shape index (κ1) is 14.0. The summed E-state index contributed by atoms with van der Waals surface area (Å²) in [5.74, 6) is 1.50. The summed E-state index contributed by atoms with van der Waals surface area (Å²) in [5.41, 5.74) is 2.48. The van der Waals surface area contributed by atoms with Crippen molar-refractivity contribution in [2.24, 2.45) is 0 Å². The second kappa shape index (κ2) is 5.86. The summed E-state index contributed by atoms with van der Waals surface area (Å²) in [7, 11) is 0. The van der Waals surface area contributed by atoms with E-state index >= 15 is 0 Å². The topological polar surface area (TPSA) is 63.2 Å². The van der Waals surface area contributed by atoms with Crippen LogP contribution in [0.25, 0.3) is 16.9 Å². The summed E-state index contributed by atoms with van der Waals surface area (Å²) in [6.07, 6.45) is 3.43. The van der Waals surface area contributed by atoms with Crippen molar-refractivity contribution in [2.45, 2.75) is 0 Å². The summed E-state index contributed by atoms with van der Waals surface area (Å²) in [6.45, 7) is 0. The Kier molecular flexibility index (Phi) is 3.41. The minimum absolute atomic E-state index is 0.465. The van der Waals surface area contributed by atoms with Crippen molar-refractivity contribution in [1.82, 2.24) is 14.6 Å². The molecule has 2 heterocycles. The molecule has 0 spiro atoms. The third-order valence-corrected chi connectivity index (χ3v) is 3.61. The van der Waals surface area contributed by atoms with Crippen LogP contribution in [0.4, 0.5) is 0 Å². The molecule has 2 aromatic heterocycles. The van der Waals surface area contributed by atoms with Crippen LogP contribution in [0.3, 0.4) is 0 Å². The van der Waals surface area contributed by atoms with Gasteiger partial charge in [-0.3, -0.25) is 0 Å². The second-order valence-corrected chi connectivity index (χ2v) is 5.16. The molecule has 5 heteroatoms. The van der Waals surface area contributed by atoms with E-state index in [1.54, 1.807) is 23.0 Å². The fourth-order valence-electron chi connectivity index (χ4n) is 2.50. The molecule has 4 rings (SSSR count). The monoisotopic (exact) mass is 312 g/mol. The fraction of sp³-hybridized carbons (Fsp3) is 0. The molecule has 2 aromatic carbocycles. The Hall–Kier alpha value is -3.65. The minimum Gasteiger partial charge on any atom is -0.457 e. The van der Waals surface area contributed by atoms with E-state index in [9.17, 15) is 5.26 Å². The van der Waals surface area contributed by atoms with Gasteiger partial charge in [-0.05, 0) is 42.5 Å². The van der Waals surface area contributed by atoms with E-state index in [0.717, 1.165) is 17.1 Å². The standard InChI is InChI=1S/C19H12N4O/c20-13-17-18(22-23-12-4-11-21-19(17)23)14-7-9-16(10-8-14)24-15-5-2-1-3-6-15/h1-12H. The van der Waals surface area contributed by atoms with E-state index in [-0.39, 0.29) is 0 Å². The smallest absolute Gasteiger partial charge is 0.173 e. The van der Waals surface area contributed by atoms with Gasteiger partial charge in [-0.1, -0.05) is 18.2 Å². The van der Waals surface area contributed by atoms with Crippen molar-refractivity contribution in [1.29, 1.82) is 5.26 Å². The molecule has 0 atom stereocenters. The van der Waals surface area contributed by atoms with E-state index in [1.165, 1.54) is 0 Å². The number of hydrogen-bond donors (Lipinski definition) is 0. The molecule has 0 amide bonds. The van der Waals surface area contributed by atoms with Gasteiger partial charge < -0.3 is 4.74 Å². The van der Waals surface area contributed by atoms with Crippen LogP contribution < -0.4 is 4.74 Å². The van der Waals surface area contributed by atoms with Crippen LogP contribution in [0.5, 0.6) is 11.5 Å². The van der Waals surface area contributed by atoms with Crippen LogP contribution in [-0.2, 0) is 0 Å². The van der Waals surface area contributed by atoms with Gasteiger partial charge in [0.15, 0.2) is 5.65 Å². The van der Waals surface area contributed by atoms with Gasteiger partial charge in [-0.2, -0.15) is 10.4 Å². The molecule has 0 N–H and O–H groups in total. The zero-order valence-electron chi connectivity index (χ0n) is 12.6. The maximum atomic E-state index is 9.45. The maximum absolute atomic E-state index is 9.45. The molecule has 0 radical (unpaired) electrons. The molecule has 114 valence electrons. The number of para-hydroxylation sites is 1. The Morgan fingerprint density at radius 1 is 0.917 bits per heavy atom. The van der Waals surface area contributed by atoms with Crippen LogP contribution >= 0.6 is 0 Å². The molecule has 24 heavy (non-hydrogen) atoms. The van der Waals surface area contributed by atoms with E-state index < -0.39 is 0 Å². The lowest BCUT2D eigenvalue weighted by atomic mass is 10.1. The Bertz CT molecular complexity index is 1030. The number of benzene rings is 2. The molecule has 0 aliphatic heterocycles. The first-order chi connectivity index (χ1) is 11.8. The molecule has 0 saturated carbocycles. The van der Waals surface area contributed by atoms with Crippen molar-refractivity contribution in [3.8, 4) is 28.8 Å². The predicted molar refractivity (Wildman–Crippen MR) is 89.7 cm³/mol. The zero-order valence-corrected chi connectivity index (χ0v) is 12.6. The molecule has 0 saturated heterocycles. The van der Waals surface area contributed by atoms with Crippen LogP contribution in [0, 0.1) is 11.3 Å². The van der Waals surface area contributed by atoms with Gasteiger partial charge >= 0.3 is 0 Å². The van der Waals surface area contributed by atoms with Crippen molar-refractivity contribution in [2.75, 3.05) is 0 Å². The Morgan fingerprint density at radius 3 is 2.42 bits per heavy atom. The Labute approximate surface area is 138 Å². The molecular weight excluding hydrogens is 300 g/mol. The average molecular weight is 312 g/mol. The van der Waals surface area contributed by atoms with Gasteiger partial charge in [0, 0.05) is 18.0 Å². The molecule has 0 fully saturated rings. The van der Waals surface area contributed by atoms with Gasteiger partial charge in [0.2, 0.25) is 0 Å². The highest BCUT2D eigenvalue weighted by atomic mass is 16.5. The first-order valence-corrected chi connectivity index (χ1v) is 7.42. The lowest BCUT2D eigenvalue weighted by molar-refractivity contribution is 0.483. The van der Waals surface area contributed by atoms with Gasteiger partial charge in [0.1, 0.15) is 28.8 Å².